The van der Waals surface area contributed by atoms with Gasteiger partial charge in [0.2, 0.25) is 5.91 Å². The van der Waals surface area contributed by atoms with Crippen molar-refractivity contribution >= 4 is 5.91 Å². The molecule has 0 aromatic carbocycles. The molecule has 0 aromatic heterocycles. The van der Waals surface area contributed by atoms with Crippen LogP contribution in [0.25, 0.3) is 0 Å². The number of carbonyl (C=O) groups excluding carboxylic acids is 1. The van der Waals surface area contributed by atoms with Crippen molar-refractivity contribution < 1.29 is 4.79 Å². The first-order valence-corrected chi connectivity index (χ1v) is 6.63. The van der Waals surface area contributed by atoms with Gasteiger partial charge in [-0.1, -0.05) is 20.8 Å². The first-order valence-electron chi connectivity index (χ1n) is 6.63. The Hall–Kier alpha value is -0.610. The summed E-state index contributed by atoms with van der Waals surface area (Å²) in [7, 11) is 0. The number of carbonyl (C=O) groups is 1. The van der Waals surface area contributed by atoms with Crippen molar-refractivity contribution in [3.05, 3.63) is 0 Å². The van der Waals surface area contributed by atoms with Crippen LogP contribution in [-0.4, -0.2) is 49.6 Å². The largest absolute Gasteiger partial charge is 0.355 e. The Labute approximate surface area is 105 Å². The molecule has 4 heteroatoms. The number of nitrogens with one attached hydrogen (secondary N) is 2. The fraction of sp³-hybridized carbons (Fsp3) is 0.923. The lowest BCUT2D eigenvalue weighted by Crippen LogP contribution is -2.52. The standard InChI is InChI=1S/C13H27N3O/c1-11(16-9-7-14-8-10-16)12(17)15-6-5-13(2,3)4/h11,14H,5-10H2,1-4H3,(H,15,17). The summed E-state index contributed by atoms with van der Waals surface area (Å²) in [5.41, 5.74) is 0.283. The molecule has 2 N–H and O–H groups in total. The molecule has 4 nitrogen and oxygen atoms in total. The Morgan fingerprint density at radius 3 is 2.47 bits per heavy atom. The smallest absolute Gasteiger partial charge is 0.237 e. The maximum Gasteiger partial charge on any atom is 0.237 e. The SMILES string of the molecule is CC(C(=O)NCCC(C)(C)C)N1CCNCC1. The minimum Gasteiger partial charge on any atom is -0.355 e. The van der Waals surface area contributed by atoms with E-state index in [1.54, 1.807) is 0 Å². The average Bonchev–Trinajstić information content (AvgIpc) is 2.27. The quantitative estimate of drug-likeness (QED) is 0.766. The van der Waals surface area contributed by atoms with Crippen molar-refractivity contribution in [1.29, 1.82) is 0 Å². The van der Waals surface area contributed by atoms with Crippen LogP contribution in [0.4, 0.5) is 0 Å². The number of rotatable bonds is 4. The van der Waals surface area contributed by atoms with Gasteiger partial charge in [0.05, 0.1) is 6.04 Å². The van der Waals surface area contributed by atoms with Crippen LogP contribution in [0.15, 0.2) is 0 Å². The predicted octanol–water partition coefficient (Wildman–Crippen LogP) is 0.833. The summed E-state index contributed by atoms with van der Waals surface area (Å²) in [6, 6.07) is -0.00271. The highest BCUT2D eigenvalue weighted by atomic mass is 16.2. The van der Waals surface area contributed by atoms with Crippen molar-refractivity contribution in [3.8, 4) is 0 Å². The van der Waals surface area contributed by atoms with E-state index < -0.39 is 0 Å². The topological polar surface area (TPSA) is 44.4 Å². The Bertz CT molecular complexity index is 242. The van der Waals surface area contributed by atoms with Crippen LogP contribution in [0.1, 0.15) is 34.1 Å². The molecule has 1 amide bonds. The monoisotopic (exact) mass is 241 g/mol. The van der Waals surface area contributed by atoms with Crippen molar-refractivity contribution in [3.63, 3.8) is 0 Å². The van der Waals surface area contributed by atoms with Gasteiger partial charge >= 0.3 is 0 Å². The second kappa shape index (κ2) is 6.36. The second-order valence-corrected chi connectivity index (χ2v) is 6.06. The molecule has 1 aliphatic rings. The highest BCUT2D eigenvalue weighted by Crippen LogP contribution is 2.17. The second-order valence-electron chi connectivity index (χ2n) is 6.06. The summed E-state index contributed by atoms with van der Waals surface area (Å²) < 4.78 is 0. The molecule has 0 spiro atoms. The molecule has 1 aliphatic heterocycles. The number of hydrogen-bond acceptors (Lipinski definition) is 3. The van der Waals surface area contributed by atoms with E-state index in [9.17, 15) is 4.79 Å². The fourth-order valence-corrected chi connectivity index (χ4v) is 1.94. The van der Waals surface area contributed by atoms with E-state index in [1.807, 2.05) is 6.92 Å². The third-order valence-corrected chi connectivity index (χ3v) is 3.25. The highest BCUT2D eigenvalue weighted by molar-refractivity contribution is 5.81. The minimum atomic E-state index is -0.00271. The molecule has 0 aromatic rings. The molecule has 0 saturated carbocycles. The molecule has 1 heterocycles. The molecule has 1 rings (SSSR count). The van der Waals surface area contributed by atoms with Gasteiger partial charge in [-0.3, -0.25) is 9.69 Å². The van der Waals surface area contributed by atoms with Gasteiger partial charge in [0.1, 0.15) is 0 Å². The maximum absolute atomic E-state index is 12.0. The van der Waals surface area contributed by atoms with Crippen LogP contribution >= 0.6 is 0 Å². The Kier molecular flexibility index (Phi) is 5.40. The molecule has 1 atom stereocenters. The van der Waals surface area contributed by atoms with Gasteiger partial charge in [-0.25, -0.2) is 0 Å². The molecular weight excluding hydrogens is 214 g/mol. The Balaban J connectivity index is 2.26. The van der Waals surface area contributed by atoms with Crippen LogP contribution < -0.4 is 10.6 Å². The molecule has 0 bridgehead atoms. The number of nitrogens with zero attached hydrogens (tertiary/aromatic N) is 1. The Morgan fingerprint density at radius 2 is 1.94 bits per heavy atom. The molecule has 1 fully saturated rings. The molecule has 1 unspecified atom stereocenters. The Morgan fingerprint density at radius 1 is 1.35 bits per heavy atom. The van der Waals surface area contributed by atoms with Gasteiger partial charge in [-0.05, 0) is 18.8 Å². The van der Waals surface area contributed by atoms with Crippen LogP contribution in [0.2, 0.25) is 0 Å². The maximum atomic E-state index is 12.0. The van der Waals surface area contributed by atoms with E-state index in [2.05, 4.69) is 36.3 Å². The van der Waals surface area contributed by atoms with Gasteiger partial charge in [0.25, 0.3) is 0 Å². The normalized spacial score (nSPS) is 20.0. The van der Waals surface area contributed by atoms with Crippen molar-refractivity contribution in [2.24, 2.45) is 5.41 Å². The summed E-state index contributed by atoms with van der Waals surface area (Å²) in [5.74, 6) is 0.163. The summed E-state index contributed by atoms with van der Waals surface area (Å²) in [6.07, 6.45) is 1.02. The van der Waals surface area contributed by atoms with Crippen LogP contribution in [0, 0.1) is 5.41 Å². The third kappa shape index (κ3) is 5.50. The van der Waals surface area contributed by atoms with E-state index in [1.165, 1.54) is 0 Å². The number of amides is 1. The first-order chi connectivity index (χ1) is 7.90. The predicted molar refractivity (Wildman–Crippen MR) is 71.0 cm³/mol. The van der Waals surface area contributed by atoms with Gasteiger partial charge in [-0.15, -0.1) is 0 Å². The summed E-state index contributed by atoms with van der Waals surface area (Å²) in [6.45, 7) is 13.3. The fourth-order valence-electron chi connectivity index (χ4n) is 1.94. The van der Waals surface area contributed by atoms with Crippen LogP contribution in [0.3, 0.4) is 0 Å². The third-order valence-electron chi connectivity index (χ3n) is 3.25. The van der Waals surface area contributed by atoms with Gasteiger partial charge < -0.3 is 10.6 Å². The van der Waals surface area contributed by atoms with E-state index in [0.717, 1.165) is 39.1 Å². The summed E-state index contributed by atoms with van der Waals surface area (Å²) in [4.78, 5) is 14.2. The van der Waals surface area contributed by atoms with Gasteiger partial charge in [0, 0.05) is 32.7 Å². The van der Waals surface area contributed by atoms with E-state index in [-0.39, 0.29) is 17.4 Å². The van der Waals surface area contributed by atoms with Gasteiger partial charge in [0.15, 0.2) is 0 Å². The molecule has 17 heavy (non-hydrogen) atoms. The molecule has 100 valence electrons. The lowest BCUT2D eigenvalue weighted by molar-refractivity contribution is -0.126. The lowest BCUT2D eigenvalue weighted by Gasteiger charge is -2.32. The summed E-state index contributed by atoms with van der Waals surface area (Å²) in [5, 5.41) is 6.33. The zero-order valence-corrected chi connectivity index (χ0v) is 11.7. The average molecular weight is 241 g/mol. The zero-order chi connectivity index (χ0) is 12.9. The first kappa shape index (κ1) is 14.5. The van der Waals surface area contributed by atoms with Crippen LogP contribution in [0.5, 0.6) is 0 Å². The highest BCUT2D eigenvalue weighted by Gasteiger charge is 2.22. The molecule has 1 saturated heterocycles. The summed E-state index contributed by atoms with van der Waals surface area (Å²) >= 11 is 0. The number of hydrogen-bond donors (Lipinski definition) is 2. The van der Waals surface area contributed by atoms with E-state index in [0.29, 0.717) is 0 Å². The minimum absolute atomic E-state index is 0.00271. The van der Waals surface area contributed by atoms with Gasteiger partial charge in [-0.2, -0.15) is 0 Å². The zero-order valence-electron chi connectivity index (χ0n) is 11.7. The number of piperazine rings is 1. The van der Waals surface area contributed by atoms with E-state index >= 15 is 0 Å². The van der Waals surface area contributed by atoms with Crippen LogP contribution in [-0.2, 0) is 4.79 Å². The lowest BCUT2D eigenvalue weighted by atomic mass is 9.92. The molecular formula is C13H27N3O. The van der Waals surface area contributed by atoms with Crippen molar-refractivity contribution in [2.75, 3.05) is 32.7 Å². The van der Waals surface area contributed by atoms with E-state index in [4.69, 9.17) is 0 Å². The molecule has 0 radical (unpaired) electrons. The van der Waals surface area contributed by atoms with Crippen molar-refractivity contribution in [2.45, 2.75) is 40.2 Å². The molecule has 0 aliphatic carbocycles. The van der Waals surface area contributed by atoms with Crippen molar-refractivity contribution in [1.82, 2.24) is 15.5 Å².